The number of carbonyl (C=O) groups is 1. The Morgan fingerprint density at radius 3 is 2.39 bits per heavy atom. The smallest absolute Gasteiger partial charge is 0.309 e. The van der Waals surface area contributed by atoms with E-state index in [4.69, 9.17) is 5.11 Å². The lowest BCUT2D eigenvalue weighted by Crippen LogP contribution is -2.40. The van der Waals surface area contributed by atoms with Gasteiger partial charge in [0.25, 0.3) is 10.2 Å². The van der Waals surface area contributed by atoms with Gasteiger partial charge >= 0.3 is 5.97 Å². The van der Waals surface area contributed by atoms with Crippen LogP contribution in [0.3, 0.4) is 0 Å². The van der Waals surface area contributed by atoms with E-state index in [1.54, 1.807) is 13.8 Å². The number of carboxylic acids is 1. The lowest BCUT2D eigenvalue weighted by atomic mass is 9.90. The highest BCUT2D eigenvalue weighted by Crippen LogP contribution is 2.19. The van der Waals surface area contributed by atoms with Crippen LogP contribution in [0.5, 0.6) is 0 Å². The largest absolute Gasteiger partial charge is 0.481 e. The van der Waals surface area contributed by atoms with Gasteiger partial charge in [-0.2, -0.15) is 12.7 Å². The molecule has 0 radical (unpaired) electrons. The van der Waals surface area contributed by atoms with E-state index < -0.39 is 21.6 Å². The third-order valence-corrected chi connectivity index (χ3v) is 4.42. The average Bonchev–Trinajstić information content (AvgIpc) is 2.24. The summed E-state index contributed by atoms with van der Waals surface area (Å²) in [5, 5.41) is 8.91. The Balaban J connectivity index is 4.24. The lowest BCUT2D eigenvalue weighted by molar-refractivity contribution is -0.147. The minimum absolute atomic E-state index is 0.123. The van der Waals surface area contributed by atoms with Gasteiger partial charge in [-0.1, -0.05) is 13.3 Å². The summed E-state index contributed by atoms with van der Waals surface area (Å²) in [5.74, 6) is -0.930. The maximum absolute atomic E-state index is 11.8. The van der Waals surface area contributed by atoms with Crippen molar-refractivity contribution in [1.29, 1.82) is 0 Å². The number of hydrogen-bond acceptors (Lipinski definition) is 3. The number of unbranched alkanes of at least 4 members (excludes halogenated alkanes) is 1. The molecule has 0 aliphatic rings. The molecule has 2 N–H and O–H groups in total. The number of rotatable bonds is 9. The molecule has 0 saturated heterocycles. The van der Waals surface area contributed by atoms with Gasteiger partial charge in [0, 0.05) is 20.1 Å². The summed E-state index contributed by atoms with van der Waals surface area (Å²) in [4.78, 5) is 10.9. The van der Waals surface area contributed by atoms with Crippen LogP contribution in [0.4, 0.5) is 0 Å². The lowest BCUT2D eigenvalue weighted by Gasteiger charge is -2.21. The summed E-state index contributed by atoms with van der Waals surface area (Å²) in [6.07, 6.45) is 1.98. The first-order valence-electron chi connectivity index (χ1n) is 6.08. The molecule has 7 heteroatoms. The molecule has 0 fully saturated rings. The van der Waals surface area contributed by atoms with E-state index in [0.29, 0.717) is 6.54 Å². The summed E-state index contributed by atoms with van der Waals surface area (Å²) < 4.78 is 27.2. The average molecular weight is 280 g/mol. The van der Waals surface area contributed by atoms with Crippen molar-refractivity contribution >= 4 is 16.2 Å². The Kier molecular flexibility index (Phi) is 6.80. The van der Waals surface area contributed by atoms with Crippen molar-refractivity contribution < 1.29 is 18.3 Å². The molecule has 0 saturated carbocycles. The van der Waals surface area contributed by atoms with Gasteiger partial charge in [0.05, 0.1) is 5.41 Å². The predicted molar refractivity (Wildman–Crippen MR) is 70.5 cm³/mol. The maximum Gasteiger partial charge on any atom is 0.309 e. The number of hydrogen-bond donors (Lipinski definition) is 2. The highest BCUT2D eigenvalue weighted by atomic mass is 32.2. The fraction of sp³-hybridized carbons (Fsp3) is 0.909. The van der Waals surface area contributed by atoms with Crippen molar-refractivity contribution in [2.45, 2.75) is 40.0 Å². The minimum atomic E-state index is -3.49. The van der Waals surface area contributed by atoms with Crippen LogP contribution in [-0.2, 0) is 15.0 Å². The molecule has 0 unspecified atom stereocenters. The van der Waals surface area contributed by atoms with Crippen LogP contribution in [0.15, 0.2) is 0 Å². The van der Waals surface area contributed by atoms with E-state index in [1.807, 2.05) is 6.92 Å². The summed E-state index contributed by atoms with van der Waals surface area (Å²) in [7, 11) is -1.98. The van der Waals surface area contributed by atoms with Gasteiger partial charge in [0.2, 0.25) is 0 Å². The van der Waals surface area contributed by atoms with Crippen LogP contribution in [0, 0.1) is 5.41 Å². The molecule has 0 aromatic carbocycles. The van der Waals surface area contributed by atoms with Crippen molar-refractivity contribution in [2.24, 2.45) is 5.41 Å². The minimum Gasteiger partial charge on any atom is -0.481 e. The first-order chi connectivity index (χ1) is 8.13. The van der Waals surface area contributed by atoms with E-state index in [-0.39, 0.29) is 13.0 Å². The van der Waals surface area contributed by atoms with E-state index in [9.17, 15) is 13.2 Å². The highest BCUT2D eigenvalue weighted by molar-refractivity contribution is 7.87. The fourth-order valence-corrected chi connectivity index (χ4v) is 2.16. The Hall–Kier alpha value is -0.660. The maximum atomic E-state index is 11.8. The highest BCUT2D eigenvalue weighted by Gasteiger charge is 2.27. The van der Waals surface area contributed by atoms with E-state index in [2.05, 4.69) is 4.72 Å². The quantitative estimate of drug-likeness (QED) is 0.661. The topological polar surface area (TPSA) is 86.7 Å². The third-order valence-electron chi connectivity index (χ3n) is 2.85. The van der Waals surface area contributed by atoms with E-state index >= 15 is 0 Å². The van der Waals surface area contributed by atoms with E-state index in [1.165, 1.54) is 11.4 Å². The van der Waals surface area contributed by atoms with Crippen molar-refractivity contribution in [3.63, 3.8) is 0 Å². The molecule has 0 rings (SSSR count). The van der Waals surface area contributed by atoms with Crippen LogP contribution in [0.25, 0.3) is 0 Å². The van der Waals surface area contributed by atoms with Crippen LogP contribution in [0.1, 0.15) is 40.0 Å². The van der Waals surface area contributed by atoms with Crippen LogP contribution in [0.2, 0.25) is 0 Å². The van der Waals surface area contributed by atoms with Gasteiger partial charge < -0.3 is 5.11 Å². The second-order valence-corrected chi connectivity index (χ2v) is 6.88. The molecule has 18 heavy (non-hydrogen) atoms. The molecule has 0 spiro atoms. The van der Waals surface area contributed by atoms with Crippen LogP contribution >= 0.6 is 0 Å². The summed E-state index contributed by atoms with van der Waals surface area (Å²) in [6, 6.07) is 0. The molecule has 0 aliphatic carbocycles. The molecule has 0 heterocycles. The van der Waals surface area contributed by atoms with Crippen LogP contribution in [-0.4, -0.2) is 43.9 Å². The third kappa shape index (κ3) is 5.79. The Labute approximate surface area is 110 Å². The zero-order valence-electron chi connectivity index (χ0n) is 11.6. The molecule has 108 valence electrons. The summed E-state index contributed by atoms with van der Waals surface area (Å²) in [6.45, 7) is 5.73. The van der Waals surface area contributed by atoms with Gasteiger partial charge in [-0.25, -0.2) is 4.72 Å². The van der Waals surface area contributed by atoms with Crippen molar-refractivity contribution in [3.8, 4) is 0 Å². The monoisotopic (exact) mass is 280 g/mol. The predicted octanol–water partition coefficient (Wildman–Crippen LogP) is 1.05. The molecule has 0 aromatic heterocycles. The van der Waals surface area contributed by atoms with E-state index in [0.717, 1.165) is 12.8 Å². The Morgan fingerprint density at radius 2 is 1.94 bits per heavy atom. The Morgan fingerprint density at radius 1 is 1.39 bits per heavy atom. The second kappa shape index (κ2) is 7.06. The number of nitrogens with one attached hydrogen (secondary N) is 1. The molecule has 0 atom stereocenters. The normalized spacial score (nSPS) is 12.9. The zero-order chi connectivity index (χ0) is 14.4. The molecule has 0 aromatic rings. The number of carboxylic acid groups (broad SMARTS) is 1. The number of aliphatic carboxylic acids is 1. The van der Waals surface area contributed by atoms with Crippen LogP contribution < -0.4 is 4.72 Å². The van der Waals surface area contributed by atoms with Gasteiger partial charge in [0.15, 0.2) is 0 Å². The van der Waals surface area contributed by atoms with Gasteiger partial charge in [-0.05, 0) is 26.7 Å². The molecule has 0 bridgehead atoms. The molecule has 0 amide bonds. The Bertz CT molecular complexity index is 365. The first-order valence-corrected chi connectivity index (χ1v) is 7.52. The zero-order valence-corrected chi connectivity index (χ0v) is 12.4. The molecular weight excluding hydrogens is 256 g/mol. The van der Waals surface area contributed by atoms with Crippen molar-refractivity contribution in [3.05, 3.63) is 0 Å². The van der Waals surface area contributed by atoms with Crippen molar-refractivity contribution in [2.75, 3.05) is 20.1 Å². The first kappa shape index (κ1) is 17.3. The van der Waals surface area contributed by atoms with Gasteiger partial charge in [0.1, 0.15) is 0 Å². The molecular formula is C11H24N2O4S. The fourth-order valence-electron chi connectivity index (χ4n) is 1.21. The van der Waals surface area contributed by atoms with Gasteiger partial charge in [-0.3, -0.25) is 4.79 Å². The van der Waals surface area contributed by atoms with Crippen molar-refractivity contribution in [1.82, 2.24) is 9.03 Å². The summed E-state index contributed by atoms with van der Waals surface area (Å²) >= 11 is 0. The number of nitrogens with zero attached hydrogens (tertiary/aromatic N) is 1. The second-order valence-electron chi connectivity index (χ2n) is 5.01. The molecule has 0 aliphatic heterocycles. The molecule has 6 nitrogen and oxygen atoms in total. The SMILES string of the molecule is CCCCN(C)S(=O)(=O)NCCC(C)(C)C(=O)O. The standard InChI is InChI=1S/C11H24N2O4S/c1-5-6-9-13(4)18(16,17)12-8-7-11(2,3)10(14)15/h12H,5-9H2,1-4H3,(H,14,15). The summed E-state index contributed by atoms with van der Waals surface area (Å²) in [5.41, 5.74) is -0.926. The van der Waals surface area contributed by atoms with Gasteiger partial charge in [-0.15, -0.1) is 0 Å².